The maximum Gasteiger partial charge on any atom is 0.193 e. The van der Waals surface area contributed by atoms with Gasteiger partial charge in [0, 0.05) is 57.8 Å². The minimum Gasteiger partial charge on any atom is -0.361 e. The molecule has 1 aliphatic heterocycles. The first-order valence-electron chi connectivity index (χ1n) is 9.03. The summed E-state index contributed by atoms with van der Waals surface area (Å²) < 4.78 is 5.29. The Bertz CT molecular complexity index is 524. The van der Waals surface area contributed by atoms with Gasteiger partial charge in [0.25, 0.3) is 0 Å². The Hall–Kier alpha value is -1.56. The van der Waals surface area contributed by atoms with E-state index in [1.807, 2.05) is 20.9 Å². The van der Waals surface area contributed by atoms with Gasteiger partial charge in [-0.1, -0.05) is 25.9 Å². The molecule has 1 fully saturated rings. The maximum atomic E-state index is 5.29. The normalized spacial score (nSPS) is 18.3. The standard InChI is InChI=1S/C18H33N5O/c1-13(2)12-22-7-9-23(10-8-22)18(19-6)20-11-14(3)17-15(4)21-24-16(17)5/h13-14H,7-12H2,1-6H3,(H,19,20). The first kappa shape index (κ1) is 18.8. The van der Waals surface area contributed by atoms with Crippen molar-refractivity contribution < 1.29 is 4.52 Å². The van der Waals surface area contributed by atoms with E-state index in [1.54, 1.807) is 0 Å². The molecule has 136 valence electrons. The molecule has 6 nitrogen and oxygen atoms in total. The molecule has 2 rings (SSSR count). The Balaban J connectivity index is 1.85. The molecule has 1 saturated heterocycles. The summed E-state index contributed by atoms with van der Waals surface area (Å²) in [5.74, 6) is 2.98. The summed E-state index contributed by atoms with van der Waals surface area (Å²) >= 11 is 0. The van der Waals surface area contributed by atoms with Crippen molar-refractivity contribution in [3.8, 4) is 0 Å². The van der Waals surface area contributed by atoms with Crippen LogP contribution in [-0.4, -0.2) is 67.2 Å². The molecule has 1 aromatic rings. The van der Waals surface area contributed by atoms with Gasteiger partial charge in [-0.15, -0.1) is 0 Å². The van der Waals surface area contributed by atoms with Gasteiger partial charge in [-0.2, -0.15) is 0 Å². The van der Waals surface area contributed by atoms with Gasteiger partial charge in [0.2, 0.25) is 0 Å². The Morgan fingerprint density at radius 2 is 1.88 bits per heavy atom. The molecule has 0 aromatic carbocycles. The predicted octanol–water partition coefficient (Wildman–Crippen LogP) is 2.24. The van der Waals surface area contributed by atoms with Gasteiger partial charge in [0.05, 0.1) is 5.69 Å². The first-order valence-corrected chi connectivity index (χ1v) is 9.03. The number of hydrogen-bond donors (Lipinski definition) is 1. The Labute approximate surface area is 146 Å². The minimum atomic E-state index is 0.343. The highest BCUT2D eigenvalue weighted by Crippen LogP contribution is 2.22. The third kappa shape index (κ3) is 4.72. The molecule has 0 amide bonds. The van der Waals surface area contributed by atoms with Crippen LogP contribution in [0.15, 0.2) is 9.52 Å². The van der Waals surface area contributed by atoms with Crippen molar-refractivity contribution in [2.24, 2.45) is 10.9 Å². The lowest BCUT2D eigenvalue weighted by Gasteiger charge is -2.37. The molecule has 1 atom stereocenters. The van der Waals surface area contributed by atoms with Crippen LogP contribution in [0.25, 0.3) is 0 Å². The summed E-state index contributed by atoms with van der Waals surface area (Å²) in [6, 6.07) is 0. The number of nitrogens with one attached hydrogen (secondary N) is 1. The van der Waals surface area contributed by atoms with Crippen LogP contribution in [0.1, 0.15) is 43.7 Å². The first-order chi connectivity index (χ1) is 11.4. The van der Waals surface area contributed by atoms with Crippen LogP contribution in [0.2, 0.25) is 0 Å². The van der Waals surface area contributed by atoms with Gasteiger partial charge in [-0.05, 0) is 19.8 Å². The van der Waals surface area contributed by atoms with E-state index in [2.05, 4.69) is 46.0 Å². The van der Waals surface area contributed by atoms with E-state index < -0.39 is 0 Å². The van der Waals surface area contributed by atoms with Gasteiger partial charge >= 0.3 is 0 Å². The Morgan fingerprint density at radius 3 is 2.38 bits per heavy atom. The van der Waals surface area contributed by atoms with Gasteiger partial charge in [0.1, 0.15) is 5.76 Å². The molecule has 0 bridgehead atoms. The SMILES string of the molecule is CN=C(NCC(C)c1c(C)noc1C)N1CCN(CC(C)C)CC1. The van der Waals surface area contributed by atoms with E-state index in [1.165, 1.54) is 12.1 Å². The van der Waals surface area contributed by atoms with Crippen LogP contribution in [0, 0.1) is 19.8 Å². The lowest BCUT2D eigenvalue weighted by molar-refractivity contribution is 0.164. The van der Waals surface area contributed by atoms with E-state index in [9.17, 15) is 0 Å². The Morgan fingerprint density at radius 1 is 1.21 bits per heavy atom. The zero-order valence-corrected chi connectivity index (χ0v) is 16.1. The van der Waals surface area contributed by atoms with Crippen molar-refractivity contribution in [2.45, 2.75) is 40.5 Å². The summed E-state index contributed by atoms with van der Waals surface area (Å²) in [6.45, 7) is 17.1. The highest BCUT2D eigenvalue weighted by atomic mass is 16.5. The van der Waals surface area contributed by atoms with Crippen molar-refractivity contribution in [2.75, 3.05) is 46.3 Å². The highest BCUT2D eigenvalue weighted by Gasteiger charge is 2.21. The number of hydrogen-bond acceptors (Lipinski definition) is 4. The molecular weight excluding hydrogens is 302 g/mol. The molecule has 6 heteroatoms. The zero-order valence-electron chi connectivity index (χ0n) is 16.1. The summed E-state index contributed by atoms with van der Waals surface area (Å²) in [7, 11) is 1.86. The monoisotopic (exact) mass is 335 g/mol. The predicted molar refractivity (Wildman–Crippen MR) is 98.6 cm³/mol. The fraction of sp³-hybridized carbons (Fsp3) is 0.778. The molecule has 0 radical (unpaired) electrons. The van der Waals surface area contributed by atoms with Crippen LogP contribution < -0.4 is 5.32 Å². The van der Waals surface area contributed by atoms with E-state index in [0.29, 0.717) is 5.92 Å². The molecule has 1 unspecified atom stereocenters. The van der Waals surface area contributed by atoms with Crippen molar-refractivity contribution >= 4 is 5.96 Å². The topological polar surface area (TPSA) is 56.9 Å². The van der Waals surface area contributed by atoms with E-state index in [0.717, 1.165) is 56.1 Å². The average Bonchev–Trinajstić information content (AvgIpc) is 2.87. The third-order valence-corrected chi connectivity index (χ3v) is 4.65. The highest BCUT2D eigenvalue weighted by molar-refractivity contribution is 5.80. The largest absolute Gasteiger partial charge is 0.361 e. The summed E-state index contributed by atoms with van der Waals surface area (Å²) in [6.07, 6.45) is 0. The number of aryl methyl sites for hydroxylation is 2. The molecule has 0 spiro atoms. The van der Waals surface area contributed by atoms with Crippen LogP contribution in [0.3, 0.4) is 0 Å². The lowest BCUT2D eigenvalue weighted by Crippen LogP contribution is -2.53. The zero-order chi connectivity index (χ0) is 17.7. The van der Waals surface area contributed by atoms with Crippen molar-refractivity contribution in [3.63, 3.8) is 0 Å². The van der Waals surface area contributed by atoms with E-state index >= 15 is 0 Å². The van der Waals surface area contributed by atoms with Crippen LogP contribution in [0.4, 0.5) is 0 Å². The maximum absolute atomic E-state index is 5.29. The van der Waals surface area contributed by atoms with Gasteiger partial charge in [-0.25, -0.2) is 0 Å². The van der Waals surface area contributed by atoms with E-state index in [4.69, 9.17) is 4.52 Å². The molecular formula is C18H33N5O. The third-order valence-electron chi connectivity index (χ3n) is 4.65. The summed E-state index contributed by atoms with van der Waals surface area (Å²) in [4.78, 5) is 9.37. The van der Waals surface area contributed by atoms with E-state index in [-0.39, 0.29) is 0 Å². The van der Waals surface area contributed by atoms with Crippen LogP contribution in [0.5, 0.6) is 0 Å². The number of nitrogens with zero attached hydrogens (tertiary/aromatic N) is 4. The Kier molecular flexibility index (Phi) is 6.66. The second-order valence-electron chi connectivity index (χ2n) is 7.25. The summed E-state index contributed by atoms with van der Waals surface area (Å²) in [5.41, 5.74) is 2.19. The fourth-order valence-electron chi connectivity index (χ4n) is 3.53. The lowest BCUT2D eigenvalue weighted by atomic mass is 10.00. The average molecular weight is 335 g/mol. The van der Waals surface area contributed by atoms with Crippen molar-refractivity contribution in [1.29, 1.82) is 0 Å². The number of aliphatic imine (C=N–C) groups is 1. The second-order valence-corrected chi connectivity index (χ2v) is 7.25. The molecule has 0 saturated carbocycles. The van der Waals surface area contributed by atoms with Crippen molar-refractivity contribution in [1.82, 2.24) is 20.3 Å². The van der Waals surface area contributed by atoms with Gasteiger partial charge < -0.3 is 14.7 Å². The number of piperazine rings is 1. The number of rotatable bonds is 5. The van der Waals surface area contributed by atoms with Crippen LogP contribution in [-0.2, 0) is 0 Å². The fourth-order valence-corrected chi connectivity index (χ4v) is 3.53. The molecule has 2 heterocycles. The van der Waals surface area contributed by atoms with Gasteiger partial charge in [-0.3, -0.25) is 9.89 Å². The van der Waals surface area contributed by atoms with Gasteiger partial charge in [0.15, 0.2) is 5.96 Å². The molecule has 1 aromatic heterocycles. The smallest absolute Gasteiger partial charge is 0.193 e. The minimum absolute atomic E-state index is 0.343. The number of guanidine groups is 1. The second kappa shape index (κ2) is 8.51. The molecule has 24 heavy (non-hydrogen) atoms. The molecule has 0 aliphatic carbocycles. The quantitative estimate of drug-likeness (QED) is 0.661. The summed E-state index contributed by atoms with van der Waals surface area (Å²) in [5, 5.41) is 7.58. The molecule has 1 N–H and O–H groups in total. The number of aromatic nitrogens is 1. The van der Waals surface area contributed by atoms with Crippen molar-refractivity contribution in [3.05, 3.63) is 17.0 Å². The van der Waals surface area contributed by atoms with Crippen LogP contribution >= 0.6 is 0 Å². The molecule has 1 aliphatic rings.